The summed E-state index contributed by atoms with van der Waals surface area (Å²) in [4.78, 5) is 0. The molecule has 244 valence electrons. The van der Waals surface area contributed by atoms with E-state index in [0.29, 0.717) is 11.8 Å². The fourth-order valence-corrected chi connectivity index (χ4v) is 9.09. The number of rotatable bonds is 3. The summed E-state index contributed by atoms with van der Waals surface area (Å²) in [6, 6.07) is 44.6. The van der Waals surface area contributed by atoms with E-state index in [1.54, 1.807) is 0 Å². The molecule has 0 bridgehead atoms. The van der Waals surface area contributed by atoms with Crippen molar-refractivity contribution in [1.29, 1.82) is 0 Å². The van der Waals surface area contributed by atoms with Crippen molar-refractivity contribution < 1.29 is 4.42 Å². The van der Waals surface area contributed by atoms with E-state index in [0.717, 1.165) is 24.2 Å². The first-order valence-corrected chi connectivity index (χ1v) is 18.2. The second kappa shape index (κ2) is 10.7. The van der Waals surface area contributed by atoms with Gasteiger partial charge in [0, 0.05) is 55.4 Å². The van der Waals surface area contributed by atoms with Gasteiger partial charge in [-0.25, -0.2) is 0 Å². The van der Waals surface area contributed by atoms with Crippen molar-refractivity contribution >= 4 is 82.7 Å². The van der Waals surface area contributed by atoms with Crippen LogP contribution in [0.3, 0.4) is 0 Å². The highest BCUT2D eigenvalue weighted by molar-refractivity contribution is 6.25. The Morgan fingerprint density at radius 1 is 0.588 bits per heavy atom. The Bertz CT molecular complexity index is 3000. The van der Waals surface area contributed by atoms with Gasteiger partial charge in [0.05, 0.1) is 22.1 Å². The van der Waals surface area contributed by atoms with E-state index < -0.39 is 0 Å². The van der Waals surface area contributed by atoms with Crippen LogP contribution >= 0.6 is 0 Å². The zero-order valence-electron chi connectivity index (χ0n) is 28.7. The van der Waals surface area contributed by atoms with Crippen LogP contribution in [0.1, 0.15) is 49.5 Å². The molecule has 3 aromatic heterocycles. The summed E-state index contributed by atoms with van der Waals surface area (Å²) in [5, 5.41) is 8.89. The van der Waals surface area contributed by atoms with Crippen molar-refractivity contribution in [3.05, 3.63) is 156 Å². The first-order chi connectivity index (χ1) is 25.1. The molecule has 51 heavy (non-hydrogen) atoms. The Hall–Kier alpha value is -6.06. The number of allylic oxidation sites excluding steroid dienone is 5. The van der Waals surface area contributed by atoms with Gasteiger partial charge in [-0.05, 0) is 77.6 Å². The number of para-hydroxylation sites is 3. The summed E-state index contributed by atoms with van der Waals surface area (Å²) in [5.74, 6) is 1.87. The molecular weight excluding hydrogens is 621 g/mol. The first kappa shape index (κ1) is 28.7. The number of fused-ring (bicyclic) bond motifs is 11. The maximum atomic E-state index is 6.74. The molecule has 3 nitrogen and oxygen atoms in total. The Morgan fingerprint density at radius 3 is 2.27 bits per heavy atom. The van der Waals surface area contributed by atoms with E-state index in [2.05, 4.69) is 169 Å². The van der Waals surface area contributed by atoms with Gasteiger partial charge in [-0.2, -0.15) is 0 Å². The SMILES string of the molecule is CC1CC=C(n2c3ccccc3c3cc4c5c6ccccc6ccc5n(-c5ccccc5)c4cc32)C=C1c1cccc2c3c(oc12)C(C)CC=C3. The lowest BCUT2D eigenvalue weighted by atomic mass is 9.86. The first-order valence-electron chi connectivity index (χ1n) is 18.2. The minimum absolute atomic E-state index is 0.364. The zero-order chi connectivity index (χ0) is 33.8. The maximum absolute atomic E-state index is 6.74. The molecular formula is C48H36N2O. The largest absolute Gasteiger partial charge is 0.459 e. The van der Waals surface area contributed by atoms with E-state index in [9.17, 15) is 0 Å². The third kappa shape index (κ3) is 4.06. The topological polar surface area (TPSA) is 23.0 Å². The van der Waals surface area contributed by atoms with Crippen molar-refractivity contribution in [2.75, 3.05) is 0 Å². The molecule has 9 aromatic rings. The van der Waals surface area contributed by atoms with Crippen LogP contribution in [0.4, 0.5) is 0 Å². The van der Waals surface area contributed by atoms with E-state index in [1.807, 2.05) is 0 Å². The minimum Gasteiger partial charge on any atom is -0.459 e. The summed E-state index contributed by atoms with van der Waals surface area (Å²) in [5.41, 5.74) is 12.1. The number of hydrogen-bond acceptors (Lipinski definition) is 1. The molecule has 0 N–H and O–H groups in total. The lowest BCUT2D eigenvalue weighted by Crippen LogP contribution is -2.07. The van der Waals surface area contributed by atoms with Gasteiger partial charge in [-0.3, -0.25) is 0 Å². The van der Waals surface area contributed by atoms with Gasteiger partial charge in [0.1, 0.15) is 11.3 Å². The summed E-state index contributed by atoms with van der Waals surface area (Å²) < 4.78 is 11.7. The quantitative estimate of drug-likeness (QED) is 0.186. The highest BCUT2D eigenvalue weighted by Crippen LogP contribution is 2.45. The molecule has 0 saturated heterocycles. The Balaban J connectivity index is 1.20. The van der Waals surface area contributed by atoms with E-state index in [-0.39, 0.29) is 0 Å². The van der Waals surface area contributed by atoms with Gasteiger partial charge in [-0.15, -0.1) is 0 Å². The van der Waals surface area contributed by atoms with Gasteiger partial charge in [-0.1, -0.05) is 117 Å². The molecule has 0 spiro atoms. The lowest BCUT2D eigenvalue weighted by Gasteiger charge is -2.22. The molecule has 2 aliphatic carbocycles. The van der Waals surface area contributed by atoms with Crippen molar-refractivity contribution in [2.45, 2.75) is 32.6 Å². The molecule has 0 fully saturated rings. The second-order valence-electron chi connectivity index (χ2n) is 14.6. The molecule has 3 heteroatoms. The van der Waals surface area contributed by atoms with Crippen molar-refractivity contribution in [1.82, 2.24) is 9.13 Å². The van der Waals surface area contributed by atoms with Gasteiger partial charge in [0.25, 0.3) is 0 Å². The molecule has 3 heterocycles. The normalized spacial score (nSPS) is 17.6. The number of benzene rings is 6. The molecule has 6 aromatic carbocycles. The van der Waals surface area contributed by atoms with Crippen LogP contribution in [0.5, 0.6) is 0 Å². The van der Waals surface area contributed by atoms with E-state index >= 15 is 0 Å². The molecule has 2 aliphatic rings. The average Bonchev–Trinajstić information content (AvgIpc) is 3.83. The summed E-state index contributed by atoms with van der Waals surface area (Å²) in [6.07, 6.45) is 11.4. The van der Waals surface area contributed by atoms with Crippen LogP contribution in [0.25, 0.3) is 88.4 Å². The lowest BCUT2D eigenvalue weighted by molar-refractivity contribution is 0.503. The maximum Gasteiger partial charge on any atom is 0.142 e. The number of furan rings is 1. The Kier molecular flexibility index (Phi) is 6.04. The third-order valence-corrected chi connectivity index (χ3v) is 11.6. The monoisotopic (exact) mass is 656 g/mol. The predicted octanol–water partition coefficient (Wildman–Crippen LogP) is 13.3. The highest BCUT2D eigenvalue weighted by Gasteiger charge is 2.26. The van der Waals surface area contributed by atoms with Gasteiger partial charge in [0.2, 0.25) is 0 Å². The van der Waals surface area contributed by atoms with Crippen LogP contribution in [-0.2, 0) is 0 Å². The van der Waals surface area contributed by atoms with Crippen molar-refractivity contribution in [2.24, 2.45) is 5.92 Å². The van der Waals surface area contributed by atoms with Gasteiger partial charge >= 0.3 is 0 Å². The average molecular weight is 657 g/mol. The highest BCUT2D eigenvalue weighted by atomic mass is 16.3. The number of aromatic nitrogens is 2. The van der Waals surface area contributed by atoms with Crippen molar-refractivity contribution in [3.8, 4) is 5.69 Å². The van der Waals surface area contributed by atoms with Crippen LogP contribution < -0.4 is 0 Å². The molecule has 11 rings (SSSR count). The summed E-state index contributed by atoms with van der Waals surface area (Å²) in [6.45, 7) is 4.62. The summed E-state index contributed by atoms with van der Waals surface area (Å²) >= 11 is 0. The molecule has 0 radical (unpaired) electrons. The van der Waals surface area contributed by atoms with E-state index in [1.165, 1.54) is 87.9 Å². The molecule has 2 atom stereocenters. The number of hydrogen-bond donors (Lipinski definition) is 0. The van der Waals surface area contributed by atoms with Crippen LogP contribution in [-0.4, -0.2) is 9.13 Å². The van der Waals surface area contributed by atoms with Crippen LogP contribution in [0, 0.1) is 5.92 Å². The smallest absolute Gasteiger partial charge is 0.142 e. The Labute approximate surface area is 296 Å². The van der Waals surface area contributed by atoms with E-state index in [4.69, 9.17) is 4.42 Å². The standard InChI is InChI=1S/C48H36N2O/c1-29-22-24-33(26-39(29)38-20-11-19-37-36-18-10-12-30(2)47(36)51-48(37)38)50-42-21-9-8-17-35(42)40-27-41-45(28-44(40)50)49(32-14-4-3-5-15-32)43-25-23-31-13-6-7-16-34(31)46(41)43/h3-11,13-21,23-30H,12,22H2,1-2H3. The van der Waals surface area contributed by atoms with Gasteiger partial charge in [0.15, 0.2) is 0 Å². The van der Waals surface area contributed by atoms with Crippen LogP contribution in [0.15, 0.2) is 144 Å². The van der Waals surface area contributed by atoms with Crippen LogP contribution in [0.2, 0.25) is 0 Å². The molecule has 2 unspecified atom stereocenters. The number of nitrogens with zero attached hydrogens (tertiary/aromatic N) is 2. The Morgan fingerprint density at radius 2 is 1.37 bits per heavy atom. The minimum atomic E-state index is 0.364. The molecule has 0 saturated carbocycles. The van der Waals surface area contributed by atoms with Crippen molar-refractivity contribution in [3.63, 3.8) is 0 Å². The van der Waals surface area contributed by atoms with Gasteiger partial charge < -0.3 is 13.6 Å². The fraction of sp³-hybridized carbons (Fsp3) is 0.125. The zero-order valence-corrected chi connectivity index (χ0v) is 28.7. The third-order valence-electron chi connectivity index (χ3n) is 11.6. The predicted molar refractivity (Wildman–Crippen MR) is 216 cm³/mol. The fourth-order valence-electron chi connectivity index (χ4n) is 9.09. The second-order valence-corrected chi connectivity index (χ2v) is 14.6. The summed E-state index contributed by atoms with van der Waals surface area (Å²) in [7, 11) is 0. The molecule has 0 aliphatic heterocycles. The molecule has 0 amide bonds.